The van der Waals surface area contributed by atoms with Crippen LogP contribution >= 0.6 is 0 Å². The zero-order valence-electron chi connectivity index (χ0n) is 8.75. The highest BCUT2D eigenvalue weighted by Gasteiger charge is 2.37. The van der Waals surface area contributed by atoms with Gasteiger partial charge in [0.05, 0.1) is 13.2 Å². The van der Waals surface area contributed by atoms with Crippen LogP contribution in [0.1, 0.15) is 32.6 Å². The van der Waals surface area contributed by atoms with Crippen LogP contribution in [0.5, 0.6) is 0 Å². The highest BCUT2D eigenvalue weighted by atomic mass is 16.5. The first kappa shape index (κ1) is 11.5. The lowest BCUT2D eigenvalue weighted by atomic mass is 9.94. The standard InChI is InChI=1S/C10H19NO3/c1-2-3-7-14-9(12)10(11)5-4-6-13-8-10/h2-8,11H2,1H3. The summed E-state index contributed by atoms with van der Waals surface area (Å²) in [4.78, 5) is 11.6. The first-order chi connectivity index (χ1) is 6.69. The van der Waals surface area contributed by atoms with Gasteiger partial charge in [-0.15, -0.1) is 0 Å². The number of nitrogens with two attached hydrogens (primary N) is 1. The Kier molecular flexibility index (Phi) is 4.35. The van der Waals surface area contributed by atoms with Gasteiger partial charge in [-0.1, -0.05) is 13.3 Å². The van der Waals surface area contributed by atoms with Gasteiger partial charge in [0, 0.05) is 6.61 Å². The van der Waals surface area contributed by atoms with E-state index in [-0.39, 0.29) is 12.6 Å². The minimum atomic E-state index is -0.897. The molecule has 2 N–H and O–H groups in total. The van der Waals surface area contributed by atoms with Crippen molar-refractivity contribution in [3.05, 3.63) is 0 Å². The van der Waals surface area contributed by atoms with Crippen LogP contribution in [0.4, 0.5) is 0 Å². The second-order valence-electron chi connectivity index (χ2n) is 3.80. The molecular formula is C10H19NO3. The Balaban J connectivity index is 2.33. The molecule has 4 heteroatoms. The molecule has 1 atom stereocenters. The van der Waals surface area contributed by atoms with Crippen molar-refractivity contribution in [3.8, 4) is 0 Å². The molecule has 0 aromatic carbocycles. The molecule has 1 heterocycles. The van der Waals surface area contributed by atoms with E-state index in [9.17, 15) is 4.79 Å². The zero-order valence-corrected chi connectivity index (χ0v) is 8.75. The van der Waals surface area contributed by atoms with Crippen LogP contribution < -0.4 is 5.73 Å². The smallest absolute Gasteiger partial charge is 0.328 e. The van der Waals surface area contributed by atoms with Gasteiger partial charge in [0.1, 0.15) is 5.54 Å². The summed E-state index contributed by atoms with van der Waals surface area (Å²) in [5, 5.41) is 0. The fraction of sp³-hybridized carbons (Fsp3) is 0.900. The summed E-state index contributed by atoms with van der Waals surface area (Å²) >= 11 is 0. The van der Waals surface area contributed by atoms with Gasteiger partial charge in [-0.25, -0.2) is 4.79 Å². The minimum Gasteiger partial charge on any atom is -0.464 e. The molecular weight excluding hydrogens is 182 g/mol. The van der Waals surface area contributed by atoms with E-state index >= 15 is 0 Å². The molecule has 0 spiro atoms. The van der Waals surface area contributed by atoms with Crippen molar-refractivity contribution < 1.29 is 14.3 Å². The number of unbranched alkanes of at least 4 members (excludes halogenated alkanes) is 1. The lowest BCUT2D eigenvalue weighted by Crippen LogP contribution is -2.55. The van der Waals surface area contributed by atoms with Crippen molar-refractivity contribution in [2.24, 2.45) is 5.73 Å². The third-order valence-electron chi connectivity index (χ3n) is 2.41. The normalized spacial score (nSPS) is 27.3. The number of hydrogen-bond acceptors (Lipinski definition) is 4. The molecule has 0 aromatic rings. The Morgan fingerprint density at radius 3 is 3.00 bits per heavy atom. The van der Waals surface area contributed by atoms with Crippen molar-refractivity contribution >= 4 is 5.97 Å². The van der Waals surface area contributed by atoms with Crippen molar-refractivity contribution in [2.75, 3.05) is 19.8 Å². The van der Waals surface area contributed by atoms with Gasteiger partial charge < -0.3 is 15.2 Å². The van der Waals surface area contributed by atoms with E-state index in [1.807, 2.05) is 0 Å². The summed E-state index contributed by atoms with van der Waals surface area (Å²) in [7, 11) is 0. The third kappa shape index (κ3) is 2.96. The van der Waals surface area contributed by atoms with E-state index in [0.29, 0.717) is 19.6 Å². The first-order valence-corrected chi connectivity index (χ1v) is 5.23. The SMILES string of the molecule is CCCCOC(=O)C1(N)CCCOC1. The van der Waals surface area contributed by atoms with Gasteiger partial charge in [0.2, 0.25) is 0 Å². The van der Waals surface area contributed by atoms with Crippen molar-refractivity contribution in [1.82, 2.24) is 0 Å². The molecule has 0 amide bonds. The molecule has 0 aromatic heterocycles. The molecule has 0 radical (unpaired) electrons. The van der Waals surface area contributed by atoms with Crippen molar-refractivity contribution in [2.45, 2.75) is 38.1 Å². The molecule has 0 aliphatic carbocycles. The Bertz CT molecular complexity index is 188. The van der Waals surface area contributed by atoms with E-state index in [1.54, 1.807) is 0 Å². The van der Waals surface area contributed by atoms with Gasteiger partial charge in [-0.2, -0.15) is 0 Å². The van der Waals surface area contributed by atoms with E-state index in [2.05, 4.69) is 6.92 Å². The van der Waals surface area contributed by atoms with Gasteiger partial charge in [-0.05, 0) is 19.3 Å². The van der Waals surface area contributed by atoms with Crippen molar-refractivity contribution in [1.29, 1.82) is 0 Å². The summed E-state index contributed by atoms with van der Waals surface area (Å²) in [6.45, 7) is 3.50. The van der Waals surface area contributed by atoms with E-state index < -0.39 is 5.54 Å². The van der Waals surface area contributed by atoms with Crippen LogP contribution in [0.15, 0.2) is 0 Å². The fourth-order valence-corrected chi connectivity index (χ4v) is 1.43. The monoisotopic (exact) mass is 201 g/mol. The van der Waals surface area contributed by atoms with Crippen molar-refractivity contribution in [3.63, 3.8) is 0 Å². The Labute approximate surface area is 84.7 Å². The molecule has 1 fully saturated rings. The molecule has 1 rings (SSSR count). The predicted molar refractivity (Wildman–Crippen MR) is 52.8 cm³/mol. The van der Waals surface area contributed by atoms with E-state index in [4.69, 9.17) is 15.2 Å². The van der Waals surface area contributed by atoms with Gasteiger partial charge in [-0.3, -0.25) is 0 Å². The van der Waals surface area contributed by atoms with E-state index in [1.165, 1.54) is 0 Å². The van der Waals surface area contributed by atoms with Crippen LogP contribution in [0.2, 0.25) is 0 Å². The highest BCUT2D eigenvalue weighted by molar-refractivity contribution is 5.80. The largest absolute Gasteiger partial charge is 0.464 e. The molecule has 82 valence electrons. The van der Waals surface area contributed by atoms with Gasteiger partial charge >= 0.3 is 5.97 Å². The van der Waals surface area contributed by atoms with Gasteiger partial charge in [0.15, 0.2) is 0 Å². The maximum atomic E-state index is 11.6. The lowest BCUT2D eigenvalue weighted by Gasteiger charge is -2.30. The number of hydrogen-bond donors (Lipinski definition) is 1. The summed E-state index contributed by atoms with van der Waals surface area (Å²) < 4.78 is 10.3. The summed E-state index contributed by atoms with van der Waals surface area (Å²) in [6.07, 6.45) is 3.40. The summed E-state index contributed by atoms with van der Waals surface area (Å²) in [6, 6.07) is 0. The lowest BCUT2D eigenvalue weighted by molar-refractivity contribution is -0.155. The number of carbonyl (C=O) groups is 1. The summed E-state index contributed by atoms with van der Waals surface area (Å²) in [5.74, 6) is -0.314. The highest BCUT2D eigenvalue weighted by Crippen LogP contribution is 2.17. The van der Waals surface area contributed by atoms with Crippen LogP contribution in [-0.2, 0) is 14.3 Å². The van der Waals surface area contributed by atoms with Crippen LogP contribution in [-0.4, -0.2) is 31.3 Å². The summed E-state index contributed by atoms with van der Waals surface area (Å²) in [5.41, 5.74) is 4.99. The molecule has 4 nitrogen and oxygen atoms in total. The Hall–Kier alpha value is -0.610. The molecule has 0 saturated carbocycles. The molecule has 0 bridgehead atoms. The third-order valence-corrected chi connectivity index (χ3v) is 2.41. The number of ether oxygens (including phenoxy) is 2. The number of carbonyl (C=O) groups excluding carboxylic acids is 1. The molecule has 1 aliphatic rings. The van der Waals surface area contributed by atoms with Crippen LogP contribution in [0.25, 0.3) is 0 Å². The van der Waals surface area contributed by atoms with Crippen LogP contribution in [0, 0.1) is 0 Å². The maximum absolute atomic E-state index is 11.6. The topological polar surface area (TPSA) is 61.5 Å². The van der Waals surface area contributed by atoms with E-state index in [0.717, 1.165) is 19.3 Å². The Morgan fingerprint density at radius 1 is 1.64 bits per heavy atom. The first-order valence-electron chi connectivity index (χ1n) is 5.23. The molecule has 1 saturated heterocycles. The van der Waals surface area contributed by atoms with Gasteiger partial charge in [0.25, 0.3) is 0 Å². The molecule has 14 heavy (non-hydrogen) atoms. The zero-order chi connectivity index (χ0) is 10.4. The Morgan fingerprint density at radius 2 is 2.43 bits per heavy atom. The molecule has 1 aliphatic heterocycles. The fourth-order valence-electron chi connectivity index (χ4n) is 1.43. The maximum Gasteiger partial charge on any atom is 0.328 e. The predicted octanol–water partition coefficient (Wildman–Crippen LogP) is 0.838. The average molecular weight is 201 g/mol. The number of esters is 1. The second-order valence-corrected chi connectivity index (χ2v) is 3.80. The molecule has 1 unspecified atom stereocenters. The average Bonchev–Trinajstić information content (AvgIpc) is 2.19. The second kappa shape index (κ2) is 5.32. The quantitative estimate of drug-likeness (QED) is 0.541. The minimum absolute atomic E-state index is 0.290. The van der Waals surface area contributed by atoms with Crippen LogP contribution in [0.3, 0.4) is 0 Å². The number of rotatable bonds is 4.